The van der Waals surface area contributed by atoms with E-state index in [1.807, 2.05) is 24.3 Å². The fourth-order valence-electron chi connectivity index (χ4n) is 1.59. The zero-order valence-electron chi connectivity index (χ0n) is 9.49. The minimum absolute atomic E-state index is 0.340. The molecule has 0 radical (unpaired) electrons. The molecule has 82 valence electrons. The summed E-state index contributed by atoms with van der Waals surface area (Å²) in [5.74, 6) is 0.797. The topological polar surface area (TPSA) is 43.1 Å². The van der Waals surface area contributed by atoms with Crippen LogP contribution in [0.15, 0.2) is 24.3 Å². The van der Waals surface area contributed by atoms with E-state index in [4.69, 9.17) is 5.73 Å². The Hall–Kier alpha value is -1.31. The number of hydrogen-bond acceptors (Lipinski definition) is 2. The van der Waals surface area contributed by atoms with E-state index in [0.717, 1.165) is 17.7 Å². The Labute approximate surface area is 91.5 Å². The number of rotatable bonds is 5. The quantitative estimate of drug-likeness (QED) is 0.751. The summed E-state index contributed by atoms with van der Waals surface area (Å²) in [6.07, 6.45) is 2.11. The number of benzene rings is 1. The number of ketones is 1. The normalized spacial score (nSPS) is 10.6. The average molecular weight is 205 g/mol. The lowest BCUT2D eigenvalue weighted by atomic mass is 10.0. The zero-order chi connectivity index (χ0) is 11.3. The summed E-state index contributed by atoms with van der Waals surface area (Å²) in [5, 5.41) is 0. The van der Waals surface area contributed by atoms with Crippen LogP contribution in [-0.4, -0.2) is 5.78 Å². The van der Waals surface area contributed by atoms with Gasteiger partial charge in [-0.15, -0.1) is 0 Å². The molecule has 1 aromatic carbocycles. The molecule has 1 aromatic rings. The van der Waals surface area contributed by atoms with Gasteiger partial charge in [0, 0.05) is 18.5 Å². The van der Waals surface area contributed by atoms with Crippen LogP contribution in [0.3, 0.4) is 0 Å². The van der Waals surface area contributed by atoms with Gasteiger partial charge in [-0.1, -0.05) is 26.0 Å². The van der Waals surface area contributed by atoms with Gasteiger partial charge in [-0.25, -0.2) is 0 Å². The minimum Gasteiger partial charge on any atom is -0.399 e. The second-order valence-corrected chi connectivity index (χ2v) is 4.38. The Bertz CT molecular complexity index is 331. The van der Waals surface area contributed by atoms with Crippen LogP contribution < -0.4 is 5.73 Å². The summed E-state index contributed by atoms with van der Waals surface area (Å²) in [6.45, 7) is 4.14. The maximum Gasteiger partial charge on any atom is 0.133 e. The fourth-order valence-corrected chi connectivity index (χ4v) is 1.59. The highest BCUT2D eigenvalue weighted by Gasteiger charge is 2.05. The maximum atomic E-state index is 11.5. The molecular formula is C13H19NO. The summed E-state index contributed by atoms with van der Waals surface area (Å²) >= 11 is 0. The van der Waals surface area contributed by atoms with E-state index in [9.17, 15) is 4.79 Å². The van der Waals surface area contributed by atoms with Crippen molar-refractivity contribution in [1.82, 2.24) is 0 Å². The average Bonchev–Trinajstić information content (AvgIpc) is 2.14. The molecule has 0 spiro atoms. The van der Waals surface area contributed by atoms with Crippen molar-refractivity contribution >= 4 is 11.5 Å². The van der Waals surface area contributed by atoms with Crippen molar-refractivity contribution in [3.05, 3.63) is 29.8 Å². The molecule has 0 bridgehead atoms. The van der Waals surface area contributed by atoms with Gasteiger partial charge in [0.15, 0.2) is 0 Å². The number of Topliss-reactive ketones (excluding diaryl/α,β-unsaturated/α-hetero) is 1. The van der Waals surface area contributed by atoms with Gasteiger partial charge >= 0.3 is 0 Å². The molecule has 0 amide bonds. The molecule has 0 saturated carbocycles. The van der Waals surface area contributed by atoms with Crippen LogP contribution in [0.5, 0.6) is 0 Å². The molecule has 0 aliphatic heterocycles. The fraction of sp³-hybridized carbons (Fsp3) is 0.462. The molecule has 1 rings (SSSR count). The molecule has 0 fully saturated rings. The summed E-state index contributed by atoms with van der Waals surface area (Å²) in [5.41, 5.74) is 7.57. The highest BCUT2D eigenvalue weighted by Crippen LogP contribution is 2.10. The van der Waals surface area contributed by atoms with Crippen molar-refractivity contribution in [3.8, 4) is 0 Å². The summed E-state index contributed by atoms with van der Waals surface area (Å²) in [6, 6.07) is 7.73. The van der Waals surface area contributed by atoms with E-state index < -0.39 is 0 Å². The first-order valence-corrected chi connectivity index (χ1v) is 5.44. The standard InChI is InChI=1S/C13H19NO/c1-10(2)8-13(15)7-6-11-4-3-5-12(14)9-11/h3-5,9-10H,6-8,14H2,1-2H3. The summed E-state index contributed by atoms with van der Waals surface area (Å²) in [7, 11) is 0. The monoisotopic (exact) mass is 205 g/mol. The molecule has 0 atom stereocenters. The highest BCUT2D eigenvalue weighted by atomic mass is 16.1. The number of carbonyl (C=O) groups is 1. The van der Waals surface area contributed by atoms with Gasteiger partial charge < -0.3 is 5.73 Å². The summed E-state index contributed by atoms with van der Waals surface area (Å²) in [4.78, 5) is 11.5. The Morgan fingerprint density at radius 2 is 2.13 bits per heavy atom. The van der Waals surface area contributed by atoms with Crippen molar-refractivity contribution in [1.29, 1.82) is 0 Å². The first kappa shape index (κ1) is 11.8. The minimum atomic E-state index is 0.340. The molecular weight excluding hydrogens is 186 g/mol. The third-order valence-corrected chi connectivity index (χ3v) is 2.28. The van der Waals surface area contributed by atoms with Gasteiger partial charge in [-0.2, -0.15) is 0 Å². The predicted molar refractivity (Wildman–Crippen MR) is 63.6 cm³/mol. The Balaban J connectivity index is 2.40. The Morgan fingerprint density at radius 1 is 1.40 bits per heavy atom. The lowest BCUT2D eigenvalue weighted by Gasteiger charge is -2.04. The van der Waals surface area contributed by atoms with Crippen LogP contribution in [-0.2, 0) is 11.2 Å². The molecule has 0 unspecified atom stereocenters. The van der Waals surface area contributed by atoms with Crippen LogP contribution in [0.4, 0.5) is 5.69 Å². The molecule has 0 aliphatic rings. The molecule has 15 heavy (non-hydrogen) atoms. The maximum absolute atomic E-state index is 11.5. The lowest BCUT2D eigenvalue weighted by Crippen LogP contribution is -2.04. The van der Waals surface area contributed by atoms with E-state index in [0.29, 0.717) is 24.5 Å². The number of carbonyl (C=O) groups excluding carboxylic acids is 1. The number of nitrogens with two attached hydrogens (primary N) is 1. The van der Waals surface area contributed by atoms with Crippen molar-refractivity contribution in [2.45, 2.75) is 33.1 Å². The first-order chi connectivity index (χ1) is 7.08. The van der Waals surface area contributed by atoms with Gasteiger partial charge in [0.05, 0.1) is 0 Å². The van der Waals surface area contributed by atoms with Gasteiger partial charge in [0.25, 0.3) is 0 Å². The zero-order valence-corrected chi connectivity index (χ0v) is 9.49. The van der Waals surface area contributed by atoms with E-state index >= 15 is 0 Å². The van der Waals surface area contributed by atoms with Crippen LogP contribution in [0.1, 0.15) is 32.3 Å². The Morgan fingerprint density at radius 3 is 2.73 bits per heavy atom. The highest BCUT2D eigenvalue weighted by molar-refractivity contribution is 5.78. The van der Waals surface area contributed by atoms with Crippen LogP contribution in [0.2, 0.25) is 0 Å². The second kappa shape index (κ2) is 5.54. The van der Waals surface area contributed by atoms with E-state index in [1.165, 1.54) is 0 Å². The largest absolute Gasteiger partial charge is 0.399 e. The van der Waals surface area contributed by atoms with Crippen LogP contribution >= 0.6 is 0 Å². The molecule has 0 heterocycles. The predicted octanol–water partition coefficient (Wildman–Crippen LogP) is 2.82. The number of aryl methyl sites for hydroxylation is 1. The van der Waals surface area contributed by atoms with Crippen molar-refractivity contribution in [2.75, 3.05) is 5.73 Å². The van der Waals surface area contributed by atoms with Gasteiger partial charge in [0.1, 0.15) is 5.78 Å². The van der Waals surface area contributed by atoms with E-state index in [1.54, 1.807) is 0 Å². The van der Waals surface area contributed by atoms with E-state index in [2.05, 4.69) is 13.8 Å². The number of hydrogen-bond donors (Lipinski definition) is 1. The number of anilines is 1. The van der Waals surface area contributed by atoms with Crippen LogP contribution in [0.25, 0.3) is 0 Å². The Kier molecular flexibility index (Phi) is 4.35. The smallest absolute Gasteiger partial charge is 0.133 e. The SMILES string of the molecule is CC(C)CC(=O)CCc1cccc(N)c1. The molecule has 2 heteroatoms. The van der Waals surface area contributed by atoms with Crippen molar-refractivity contribution in [2.24, 2.45) is 5.92 Å². The molecule has 2 N–H and O–H groups in total. The second-order valence-electron chi connectivity index (χ2n) is 4.38. The molecule has 0 aromatic heterocycles. The van der Waals surface area contributed by atoms with Crippen molar-refractivity contribution in [3.63, 3.8) is 0 Å². The lowest BCUT2D eigenvalue weighted by molar-refractivity contribution is -0.119. The van der Waals surface area contributed by atoms with Gasteiger partial charge in [-0.3, -0.25) is 4.79 Å². The third kappa shape index (κ3) is 4.63. The van der Waals surface area contributed by atoms with Gasteiger partial charge in [-0.05, 0) is 30.0 Å². The number of nitrogen functional groups attached to an aromatic ring is 1. The van der Waals surface area contributed by atoms with Gasteiger partial charge in [0.2, 0.25) is 0 Å². The molecule has 2 nitrogen and oxygen atoms in total. The van der Waals surface area contributed by atoms with Crippen molar-refractivity contribution < 1.29 is 4.79 Å². The summed E-state index contributed by atoms with van der Waals surface area (Å²) < 4.78 is 0. The first-order valence-electron chi connectivity index (χ1n) is 5.44. The molecule has 0 aliphatic carbocycles. The van der Waals surface area contributed by atoms with Crippen LogP contribution in [0, 0.1) is 5.92 Å². The van der Waals surface area contributed by atoms with E-state index in [-0.39, 0.29) is 0 Å². The molecule has 0 saturated heterocycles. The third-order valence-electron chi connectivity index (χ3n) is 2.28.